The fourth-order valence-electron chi connectivity index (χ4n) is 5.87. The van der Waals surface area contributed by atoms with Gasteiger partial charge >= 0.3 is 11.9 Å². The molecule has 1 fully saturated rings. The van der Waals surface area contributed by atoms with Gasteiger partial charge in [-0.05, 0) is 80.6 Å². The van der Waals surface area contributed by atoms with Crippen LogP contribution in [0.15, 0.2) is 48.5 Å². The summed E-state index contributed by atoms with van der Waals surface area (Å²) in [6, 6.07) is 13.1. The van der Waals surface area contributed by atoms with Crippen LogP contribution in [0.4, 0.5) is 4.39 Å². The Bertz CT molecular complexity index is 1060. The van der Waals surface area contributed by atoms with E-state index in [1.807, 2.05) is 6.92 Å². The number of benzene rings is 2. The number of carbonyl (C=O) groups excluding carboxylic acids is 2. The van der Waals surface area contributed by atoms with Crippen molar-refractivity contribution in [2.75, 3.05) is 6.61 Å². The van der Waals surface area contributed by atoms with Crippen LogP contribution < -0.4 is 14.2 Å². The van der Waals surface area contributed by atoms with Gasteiger partial charge in [0.15, 0.2) is 0 Å². The molecule has 2 aromatic rings. The van der Waals surface area contributed by atoms with Gasteiger partial charge in [-0.25, -0.2) is 14.0 Å². The summed E-state index contributed by atoms with van der Waals surface area (Å²) in [4.78, 5) is 25.7. The summed E-state index contributed by atoms with van der Waals surface area (Å²) in [6.45, 7) is 4.91. The number of unbranched alkanes of at least 4 members (excludes halogenated alkanes) is 10. The molecule has 0 unspecified atom stereocenters. The van der Waals surface area contributed by atoms with E-state index in [4.69, 9.17) is 14.2 Å². The number of halogens is 1. The van der Waals surface area contributed by atoms with Crippen molar-refractivity contribution in [2.24, 2.45) is 5.92 Å². The van der Waals surface area contributed by atoms with Crippen LogP contribution in [-0.4, -0.2) is 24.2 Å². The SMILES string of the molecule is CCCCCCCCCCCCOc1ccc(C(=O)Oc2ccc(OC(=O)[C@](F)(CCCC)C3CCCCC3)cc2)cc1. The second kappa shape index (κ2) is 19.4. The first kappa shape index (κ1) is 34.6. The zero-order valence-corrected chi connectivity index (χ0v) is 26.6. The first-order chi connectivity index (χ1) is 21.0. The van der Waals surface area contributed by atoms with Crippen molar-refractivity contribution in [1.29, 1.82) is 0 Å². The van der Waals surface area contributed by atoms with Crippen molar-refractivity contribution in [3.63, 3.8) is 0 Å². The summed E-state index contributed by atoms with van der Waals surface area (Å²) in [5.74, 6) is -0.315. The van der Waals surface area contributed by atoms with E-state index in [-0.39, 0.29) is 18.1 Å². The van der Waals surface area contributed by atoms with Gasteiger partial charge in [0.25, 0.3) is 0 Å². The van der Waals surface area contributed by atoms with Crippen molar-refractivity contribution in [3.05, 3.63) is 54.1 Å². The molecule has 0 amide bonds. The quantitative estimate of drug-likeness (QED) is 0.0864. The van der Waals surface area contributed by atoms with Crippen molar-refractivity contribution in [3.8, 4) is 17.2 Å². The van der Waals surface area contributed by atoms with Crippen LogP contribution in [0.1, 0.15) is 140 Å². The highest BCUT2D eigenvalue weighted by atomic mass is 19.1. The molecule has 6 heteroatoms. The Labute approximate surface area is 258 Å². The predicted molar refractivity (Wildman–Crippen MR) is 171 cm³/mol. The van der Waals surface area contributed by atoms with Crippen LogP contribution in [0.3, 0.4) is 0 Å². The van der Waals surface area contributed by atoms with Gasteiger partial charge in [-0.1, -0.05) is 97.3 Å². The summed E-state index contributed by atoms with van der Waals surface area (Å²) in [5, 5.41) is 0. The molecular weight excluding hydrogens is 543 g/mol. The van der Waals surface area contributed by atoms with Crippen molar-refractivity contribution < 1.29 is 28.2 Å². The van der Waals surface area contributed by atoms with Crippen molar-refractivity contribution in [1.82, 2.24) is 0 Å². The molecule has 1 saturated carbocycles. The van der Waals surface area contributed by atoms with Gasteiger partial charge in [0, 0.05) is 5.92 Å². The second-order valence-corrected chi connectivity index (χ2v) is 12.1. The highest BCUT2D eigenvalue weighted by Gasteiger charge is 2.47. The number of carbonyl (C=O) groups is 2. The average molecular weight is 597 g/mol. The van der Waals surface area contributed by atoms with Crippen LogP contribution in [0.25, 0.3) is 0 Å². The van der Waals surface area contributed by atoms with Gasteiger partial charge in [-0.2, -0.15) is 0 Å². The zero-order valence-electron chi connectivity index (χ0n) is 26.6. The maximum absolute atomic E-state index is 16.0. The van der Waals surface area contributed by atoms with Crippen LogP contribution in [0.5, 0.6) is 17.2 Å². The van der Waals surface area contributed by atoms with Crippen molar-refractivity contribution >= 4 is 11.9 Å². The van der Waals surface area contributed by atoms with Gasteiger partial charge in [0.1, 0.15) is 17.2 Å². The Hall–Kier alpha value is -2.89. The molecule has 43 heavy (non-hydrogen) atoms. The maximum Gasteiger partial charge on any atom is 0.349 e. The van der Waals surface area contributed by atoms with Gasteiger partial charge in [-0.15, -0.1) is 0 Å². The molecular formula is C37H53FO5. The van der Waals surface area contributed by atoms with Crippen LogP contribution in [0.2, 0.25) is 0 Å². The summed E-state index contributed by atoms with van der Waals surface area (Å²) < 4.78 is 32.9. The fraction of sp³-hybridized carbons (Fsp3) is 0.622. The summed E-state index contributed by atoms with van der Waals surface area (Å²) in [7, 11) is 0. The number of rotatable bonds is 20. The highest BCUT2D eigenvalue weighted by molar-refractivity contribution is 5.91. The lowest BCUT2D eigenvalue weighted by molar-refractivity contribution is -0.154. The Morgan fingerprint density at radius 3 is 1.77 bits per heavy atom. The molecule has 0 bridgehead atoms. The number of esters is 2. The van der Waals surface area contributed by atoms with Crippen LogP contribution in [0, 0.1) is 5.92 Å². The van der Waals surface area contributed by atoms with Gasteiger partial charge in [0.2, 0.25) is 5.67 Å². The monoisotopic (exact) mass is 596 g/mol. The van der Waals surface area contributed by atoms with Crippen molar-refractivity contribution in [2.45, 2.75) is 135 Å². The molecule has 1 atom stereocenters. The van der Waals surface area contributed by atoms with E-state index in [2.05, 4.69) is 6.92 Å². The van der Waals surface area contributed by atoms with E-state index in [0.717, 1.165) is 50.7 Å². The van der Waals surface area contributed by atoms with Gasteiger partial charge in [-0.3, -0.25) is 0 Å². The predicted octanol–water partition coefficient (Wildman–Crippen LogP) is 10.6. The fourth-order valence-corrected chi connectivity index (χ4v) is 5.87. The third-order valence-electron chi connectivity index (χ3n) is 8.59. The van der Waals surface area contributed by atoms with E-state index in [1.165, 1.54) is 69.9 Å². The molecule has 0 spiro atoms. The molecule has 2 aromatic carbocycles. The molecule has 0 heterocycles. The minimum Gasteiger partial charge on any atom is -0.494 e. The Morgan fingerprint density at radius 2 is 1.19 bits per heavy atom. The number of alkyl halides is 1. The molecule has 1 aliphatic rings. The lowest BCUT2D eigenvalue weighted by atomic mass is 9.75. The average Bonchev–Trinajstić information content (AvgIpc) is 3.04. The largest absolute Gasteiger partial charge is 0.494 e. The smallest absolute Gasteiger partial charge is 0.349 e. The highest BCUT2D eigenvalue weighted by Crippen LogP contribution is 2.40. The summed E-state index contributed by atoms with van der Waals surface area (Å²) in [6.07, 6.45) is 18.9. The summed E-state index contributed by atoms with van der Waals surface area (Å²) in [5.41, 5.74) is -1.56. The van der Waals surface area contributed by atoms with E-state index in [0.29, 0.717) is 24.3 Å². The van der Waals surface area contributed by atoms with Gasteiger partial charge in [0.05, 0.1) is 12.2 Å². The lowest BCUT2D eigenvalue weighted by Gasteiger charge is -2.34. The van der Waals surface area contributed by atoms with E-state index >= 15 is 4.39 Å². The maximum atomic E-state index is 16.0. The van der Waals surface area contributed by atoms with Crippen LogP contribution >= 0.6 is 0 Å². The van der Waals surface area contributed by atoms with Crippen LogP contribution in [-0.2, 0) is 4.79 Å². The minimum absolute atomic E-state index is 0.186. The molecule has 5 nitrogen and oxygen atoms in total. The molecule has 238 valence electrons. The third-order valence-corrected chi connectivity index (χ3v) is 8.59. The topological polar surface area (TPSA) is 61.8 Å². The molecule has 0 radical (unpaired) electrons. The van der Waals surface area contributed by atoms with E-state index in [1.54, 1.807) is 36.4 Å². The molecule has 3 rings (SSSR count). The van der Waals surface area contributed by atoms with Gasteiger partial charge < -0.3 is 14.2 Å². The number of hydrogen-bond acceptors (Lipinski definition) is 5. The molecule has 0 aromatic heterocycles. The van der Waals surface area contributed by atoms with E-state index in [9.17, 15) is 9.59 Å². The second-order valence-electron chi connectivity index (χ2n) is 12.1. The Kier molecular flexibility index (Phi) is 15.6. The number of ether oxygens (including phenoxy) is 3. The first-order valence-corrected chi connectivity index (χ1v) is 16.9. The molecule has 1 aliphatic carbocycles. The molecule has 0 saturated heterocycles. The summed E-state index contributed by atoms with van der Waals surface area (Å²) >= 11 is 0. The molecule has 0 aliphatic heterocycles. The third kappa shape index (κ3) is 12.0. The normalized spacial score (nSPS) is 15.0. The Balaban J connectivity index is 1.39. The number of hydrogen-bond donors (Lipinski definition) is 0. The zero-order chi connectivity index (χ0) is 30.8. The molecule has 0 N–H and O–H groups in total. The Morgan fingerprint density at radius 1 is 0.674 bits per heavy atom. The first-order valence-electron chi connectivity index (χ1n) is 16.9. The minimum atomic E-state index is -1.97. The standard InChI is InChI=1S/C37H53FO5/c1-3-5-7-8-9-10-11-12-13-17-29-41-32-22-20-30(21-23-32)35(39)42-33-24-26-34(27-25-33)43-36(40)37(38,28-6-4-2)31-18-15-14-16-19-31/h20-27,31H,3-19,28-29H2,1-2H3/t37-/m0/s1. The van der Waals surface area contributed by atoms with E-state index < -0.39 is 17.6 Å². The lowest BCUT2D eigenvalue weighted by Crippen LogP contribution is -2.45.